The molecular weight excluding hydrogens is 358 g/mol. The minimum Gasteiger partial charge on any atom is -0.465 e. The number of benzene rings is 1. The molecule has 1 aromatic rings. The Kier molecular flexibility index (Phi) is 4.94. The lowest BCUT2D eigenvalue weighted by Crippen LogP contribution is -2.40. The van der Waals surface area contributed by atoms with E-state index < -0.39 is 24.1 Å². The second-order valence-electron chi connectivity index (χ2n) is 6.20. The zero-order chi connectivity index (χ0) is 18.9. The molecule has 6 nitrogen and oxygen atoms in total. The van der Waals surface area contributed by atoms with Gasteiger partial charge in [0, 0.05) is 19.0 Å². The van der Waals surface area contributed by atoms with Gasteiger partial charge in [-0.25, -0.2) is 9.18 Å². The van der Waals surface area contributed by atoms with Crippen molar-refractivity contribution < 1.29 is 32.3 Å². The van der Waals surface area contributed by atoms with Crippen LogP contribution in [0.1, 0.15) is 24.3 Å². The Labute approximate surface area is 146 Å². The van der Waals surface area contributed by atoms with Crippen LogP contribution in [0.2, 0.25) is 0 Å². The summed E-state index contributed by atoms with van der Waals surface area (Å²) < 4.78 is 51.8. The van der Waals surface area contributed by atoms with Crippen molar-refractivity contribution in [2.45, 2.75) is 25.1 Å². The average molecular weight is 375 g/mol. The van der Waals surface area contributed by atoms with E-state index in [9.17, 15) is 22.4 Å². The minimum absolute atomic E-state index is 0.0581. The fourth-order valence-corrected chi connectivity index (χ4v) is 3.31. The normalized spacial score (nSPS) is 19.9. The van der Waals surface area contributed by atoms with Crippen molar-refractivity contribution in [3.8, 4) is 0 Å². The second-order valence-corrected chi connectivity index (χ2v) is 6.20. The largest absolute Gasteiger partial charge is 0.501 e. The van der Waals surface area contributed by atoms with Gasteiger partial charge in [0.15, 0.2) is 5.76 Å². The Morgan fingerprint density at radius 3 is 2.35 bits per heavy atom. The van der Waals surface area contributed by atoms with Gasteiger partial charge in [0.05, 0.1) is 6.20 Å². The van der Waals surface area contributed by atoms with Crippen LogP contribution in [-0.2, 0) is 4.84 Å². The highest BCUT2D eigenvalue weighted by molar-refractivity contribution is 5.65. The quantitative estimate of drug-likeness (QED) is 0.626. The van der Waals surface area contributed by atoms with Gasteiger partial charge in [0.25, 0.3) is 0 Å². The second kappa shape index (κ2) is 7.02. The summed E-state index contributed by atoms with van der Waals surface area (Å²) in [4.78, 5) is 17.4. The minimum atomic E-state index is -4.65. The molecule has 1 fully saturated rings. The van der Waals surface area contributed by atoms with Crippen molar-refractivity contribution in [1.29, 1.82) is 0 Å². The van der Waals surface area contributed by atoms with Crippen molar-refractivity contribution in [2.24, 2.45) is 5.92 Å². The number of amides is 1. The van der Waals surface area contributed by atoms with E-state index in [2.05, 4.69) is 0 Å². The van der Waals surface area contributed by atoms with E-state index in [-0.39, 0.29) is 29.8 Å². The molecule has 142 valence electrons. The molecule has 10 heteroatoms. The number of halogens is 4. The van der Waals surface area contributed by atoms with E-state index in [0.29, 0.717) is 18.4 Å². The number of nitrogens with zero attached hydrogens (tertiary/aromatic N) is 2. The predicted molar refractivity (Wildman–Crippen MR) is 81.7 cm³/mol. The van der Waals surface area contributed by atoms with Crippen LogP contribution < -0.4 is 5.59 Å². The number of hydrogen-bond donors (Lipinski definition) is 2. The summed E-state index contributed by atoms with van der Waals surface area (Å²) in [5, 5.41) is 8.96. The SMILES string of the molecule is O=C(O)N1CCC(C(C2=CN(C(F)(F)F)NO2)c2ccc(F)cc2)CC1. The standard InChI is InChI=1S/C16H17F4N3O3/c17-12-3-1-10(2-4-12)14(11-5-7-22(8-6-11)15(24)25)13-9-23(21-26-13)16(18,19)20/h1-4,9,11,14,21H,5-8H2,(H,24,25). The Bertz CT molecular complexity index is 685. The molecule has 0 aliphatic carbocycles. The zero-order valence-electron chi connectivity index (χ0n) is 13.5. The molecule has 2 N–H and O–H groups in total. The third-order valence-corrected chi connectivity index (χ3v) is 4.61. The van der Waals surface area contributed by atoms with Crippen LogP contribution in [0.3, 0.4) is 0 Å². The molecule has 1 aromatic carbocycles. The van der Waals surface area contributed by atoms with Crippen molar-refractivity contribution in [1.82, 2.24) is 15.5 Å². The third-order valence-electron chi connectivity index (χ3n) is 4.61. The van der Waals surface area contributed by atoms with E-state index in [0.717, 1.165) is 6.20 Å². The Morgan fingerprint density at radius 1 is 1.23 bits per heavy atom. The van der Waals surface area contributed by atoms with Gasteiger partial charge in [-0.05, 0) is 36.5 Å². The van der Waals surface area contributed by atoms with Crippen LogP contribution >= 0.6 is 0 Å². The van der Waals surface area contributed by atoms with Crippen LogP contribution in [0.5, 0.6) is 0 Å². The molecule has 1 saturated heterocycles. The summed E-state index contributed by atoms with van der Waals surface area (Å²) in [5.74, 6) is -1.09. The maximum atomic E-state index is 13.2. The summed E-state index contributed by atoms with van der Waals surface area (Å²) in [6.45, 7) is 0.558. The molecule has 0 spiro atoms. The van der Waals surface area contributed by atoms with Gasteiger partial charge in [-0.2, -0.15) is 5.01 Å². The number of hydrazine groups is 1. The number of allylic oxidation sites excluding steroid dienone is 1. The predicted octanol–water partition coefficient (Wildman–Crippen LogP) is 3.41. The van der Waals surface area contributed by atoms with E-state index in [1.54, 1.807) is 0 Å². The van der Waals surface area contributed by atoms with Crippen LogP contribution in [0.4, 0.5) is 22.4 Å². The number of carboxylic acid groups (broad SMARTS) is 1. The number of carbonyl (C=O) groups is 1. The molecular formula is C16H17F4N3O3. The lowest BCUT2D eigenvalue weighted by molar-refractivity contribution is -0.265. The molecule has 26 heavy (non-hydrogen) atoms. The topological polar surface area (TPSA) is 65.0 Å². The van der Waals surface area contributed by atoms with E-state index in [4.69, 9.17) is 9.94 Å². The highest BCUT2D eigenvalue weighted by Gasteiger charge is 2.42. The van der Waals surface area contributed by atoms with Crippen LogP contribution in [0, 0.1) is 11.7 Å². The summed E-state index contributed by atoms with van der Waals surface area (Å²) in [7, 11) is 0. The van der Waals surface area contributed by atoms with Crippen molar-refractivity contribution >= 4 is 6.09 Å². The average Bonchev–Trinajstić information content (AvgIpc) is 3.07. The van der Waals surface area contributed by atoms with Crippen molar-refractivity contribution in [3.63, 3.8) is 0 Å². The first kappa shape index (κ1) is 18.3. The van der Waals surface area contributed by atoms with E-state index >= 15 is 0 Å². The van der Waals surface area contributed by atoms with Gasteiger partial charge in [-0.1, -0.05) is 17.7 Å². The van der Waals surface area contributed by atoms with Gasteiger partial charge in [0.2, 0.25) is 0 Å². The number of alkyl halides is 3. The van der Waals surface area contributed by atoms with E-state index in [1.165, 1.54) is 29.2 Å². The van der Waals surface area contributed by atoms with Gasteiger partial charge in [-0.15, -0.1) is 13.2 Å². The molecule has 0 radical (unpaired) electrons. The fourth-order valence-electron chi connectivity index (χ4n) is 3.31. The molecule has 2 aliphatic heterocycles. The Hall–Kier alpha value is -2.49. The monoisotopic (exact) mass is 375 g/mol. The molecule has 0 aromatic heterocycles. The highest BCUT2D eigenvalue weighted by Crippen LogP contribution is 2.40. The van der Waals surface area contributed by atoms with Gasteiger partial charge < -0.3 is 14.8 Å². The molecule has 1 amide bonds. The van der Waals surface area contributed by atoms with Crippen LogP contribution in [-0.4, -0.2) is 40.5 Å². The molecule has 1 atom stereocenters. The summed E-state index contributed by atoms with van der Waals surface area (Å²) in [6, 6.07) is 5.48. The van der Waals surface area contributed by atoms with E-state index in [1.807, 2.05) is 5.59 Å². The van der Waals surface area contributed by atoms with Crippen molar-refractivity contribution in [3.05, 3.63) is 47.6 Å². The first-order chi connectivity index (χ1) is 12.3. The fraction of sp³-hybridized carbons (Fsp3) is 0.438. The number of nitrogens with one attached hydrogen (secondary N) is 1. The lowest BCUT2D eigenvalue weighted by atomic mass is 9.79. The first-order valence-corrected chi connectivity index (χ1v) is 7.99. The van der Waals surface area contributed by atoms with Gasteiger partial charge in [-0.3, -0.25) is 0 Å². The molecule has 2 heterocycles. The van der Waals surface area contributed by atoms with Gasteiger partial charge in [0.1, 0.15) is 5.82 Å². The number of piperidine rings is 1. The molecule has 3 rings (SSSR count). The number of rotatable bonds is 3. The van der Waals surface area contributed by atoms with Crippen LogP contribution in [0.25, 0.3) is 0 Å². The summed E-state index contributed by atoms with van der Waals surface area (Å²) >= 11 is 0. The van der Waals surface area contributed by atoms with Crippen molar-refractivity contribution in [2.75, 3.05) is 13.1 Å². The molecule has 1 unspecified atom stereocenters. The first-order valence-electron chi connectivity index (χ1n) is 7.99. The molecule has 0 saturated carbocycles. The maximum absolute atomic E-state index is 13.2. The summed E-state index contributed by atoms with van der Waals surface area (Å²) in [5.41, 5.74) is 2.42. The number of hydrogen-bond acceptors (Lipinski definition) is 4. The Balaban J connectivity index is 1.86. The smallest absolute Gasteiger partial charge is 0.465 e. The third kappa shape index (κ3) is 3.85. The maximum Gasteiger partial charge on any atom is 0.501 e. The molecule has 2 aliphatic rings. The Morgan fingerprint density at radius 2 is 1.85 bits per heavy atom. The van der Waals surface area contributed by atoms with Gasteiger partial charge >= 0.3 is 12.4 Å². The highest BCUT2D eigenvalue weighted by atomic mass is 19.4. The lowest BCUT2D eigenvalue weighted by Gasteiger charge is -2.34. The van der Waals surface area contributed by atoms with Crippen LogP contribution in [0.15, 0.2) is 36.2 Å². The number of likely N-dealkylation sites (tertiary alicyclic amines) is 1. The summed E-state index contributed by atoms with van der Waals surface area (Å²) in [6.07, 6.45) is -3.93. The molecule has 0 bridgehead atoms. The zero-order valence-corrected chi connectivity index (χ0v) is 13.5.